The van der Waals surface area contributed by atoms with Gasteiger partial charge in [-0.3, -0.25) is 14.6 Å². The fourth-order valence-electron chi connectivity index (χ4n) is 6.21. The Bertz CT molecular complexity index is 1570. The maximum Gasteiger partial charge on any atom is 0.251 e. The lowest BCUT2D eigenvalue weighted by molar-refractivity contribution is -0.114. The molecule has 2 N–H and O–H groups in total. The van der Waals surface area contributed by atoms with Gasteiger partial charge in [0.2, 0.25) is 5.91 Å². The molecule has 2 aliphatic rings. The van der Waals surface area contributed by atoms with Crippen molar-refractivity contribution >= 4 is 28.3 Å². The molecule has 218 valence electrons. The van der Waals surface area contributed by atoms with Crippen LogP contribution in [0.5, 0.6) is 0 Å². The van der Waals surface area contributed by atoms with Crippen LogP contribution >= 0.6 is 11.3 Å². The van der Waals surface area contributed by atoms with Crippen LogP contribution in [-0.4, -0.2) is 62.1 Å². The number of anilines is 1. The first kappa shape index (κ1) is 28.2. The molecule has 0 radical (unpaired) electrons. The molecule has 0 bridgehead atoms. The van der Waals surface area contributed by atoms with Crippen LogP contribution in [0.15, 0.2) is 48.8 Å². The largest absolute Gasteiger partial charge is 0.349 e. The average molecular weight is 584 g/mol. The van der Waals surface area contributed by atoms with Gasteiger partial charge in [-0.05, 0) is 94.9 Å². The van der Waals surface area contributed by atoms with Crippen LogP contribution in [0.1, 0.15) is 67.6 Å². The van der Waals surface area contributed by atoms with Gasteiger partial charge in [-0.2, -0.15) is 5.10 Å². The number of aryl methyl sites for hydroxylation is 1. The third-order valence-electron chi connectivity index (χ3n) is 8.33. The van der Waals surface area contributed by atoms with Crippen molar-refractivity contribution in [1.82, 2.24) is 30.0 Å². The van der Waals surface area contributed by atoms with Gasteiger partial charge >= 0.3 is 0 Å². The van der Waals surface area contributed by atoms with Gasteiger partial charge < -0.3 is 15.5 Å². The van der Waals surface area contributed by atoms with Crippen molar-refractivity contribution < 1.29 is 9.59 Å². The molecule has 3 heterocycles. The Morgan fingerprint density at radius 3 is 2.57 bits per heavy atom. The first-order chi connectivity index (χ1) is 20.4. The first-order valence-electron chi connectivity index (χ1n) is 14.8. The Morgan fingerprint density at radius 2 is 1.88 bits per heavy atom. The average Bonchev–Trinajstić information content (AvgIpc) is 3.59. The number of nitrogens with zero attached hydrogens (tertiary/aromatic N) is 5. The Balaban J connectivity index is 1.25. The summed E-state index contributed by atoms with van der Waals surface area (Å²) in [5.41, 5.74) is 6.42. The highest BCUT2D eigenvalue weighted by Gasteiger charge is 2.30. The second-order valence-electron chi connectivity index (χ2n) is 11.3. The van der Waals surface area contributed by atoms with Crippen molar-refractivity contribution in [3.8, 4) is 27.5 Å². The molecule has 0 spiro atoms. The maximum atomic E-state index is 13.2. The minimum Gasteiger partial charge on any atom is -0.349 e. The fraction of sp³-hybridized carbons (Fsp3) is 0.406. The fourth-order valence-corrected chi connectivity index (χ4v) is 7.33. The summed E-state index contributed by atoms with van der Waals surface area (Å²) in [7, 11) is 2.21. The van der Waals surface area contributed by atoms with Crippen LogP contribution in [0, 0.1) is 0 Å². The summed E-state index contributed by atoms with van der Waals surface area (Å²) < 4.78 is 1.95. The monoisotopic (exact) mass is 583 g/mol. The minimum absolute atomic E-state index is 0.0323. The van der Waals surface area contributed by atoms with Crippen LogP contribution in [0.2, 0.25) is 0 Å². The zero-order chi connectivity index (χ0) is 29.2. The van der Waals surface area contributed by atoms with Crippen molar-refractivity contribution in [2.75, 3.05) is 18.9 Å². The van der Waals surface area contributed by atoms with Crippen LogP contribution in [0.3, 0.4) is 0 Å². The number of aromatic nitrogens is 4. The van der Waals surface area contributed by atoms with Gasteiger partial charge in [0.05, 0.1) is 27.6 Å². The summed E-state index contributed by atoms with van der Waals surface area (Å²) in [6.07, 6.45) is 10.6. The van der Waals surface area contributed by atoms with Crippen molar-refractivity contribution in [3.63, 3.8) is 0 Å². The van der Waals surface area contributed by atoms with E-state index in [1.165, 1.54) is 24.7 Å². The van der Waals surface area contributed by atoms with Gasteiger partial charge in [-0.15, -0.1) is 0 Å². The van der Waals surface area contributed by atoms with E-state index in [1.807, 2.05) is 47.3 Å². The quantitative estimate of drug-likeness (QED) is 0.284. The molecule has 1 aromatic carbocycles. The van der Waals surface area contributed by atoms with E-state index < -0.39 is 0 Å². The molecule has 6 rings (SSSR count). The molecule has 0 saturated heterocycles. The number of carbonyl (C=O) groups excluding carboxylic acids is 2. The number of pyridine rings is 1. The van der Waals surface area contributed by atoms with E-state index in [4.69, 9.17) is 10.1 Å². The molecule has 0 aliphatic heterocycles. The van der Waals surface area contributed by atoms with Crippen molar-refractivity contribution in [2.24, 2.45) is 0 Å². The van der Waals surface area contributed by atoms with Gasteiger partial charge in [0.15, 0.2) is 5.13 Å². The highest BCUT2D eigenvalue weighted by atomic mass is 32.1. The van der Waals surface area contributed by atoms with E-state index in [0.29, 0.717) is 16.7 Å². The smallest absolute Gasteiger partial charge is 0.251 e. The topological polar surface area (TPSA) is 105 Å². The lowest BCUT2D eigenvalue weighted by Crippen LogP contribution is -2.43. The molecule has 42 heavy (non-hydrogen) atoms. The summed E-state index contributed by atoms with van der Waals surface area (Å²) in [5.74, 6) is -0.174. The SMILES string of the molecule is CCCN(C)C1CCC(NC(=O)c2ccc(-n3nc(-c4cccnc4)c4c3-c3sc(NC(C)=O)nc3CC4)cc2)CC1. The predicted octanol–water partition coefficient (Wildman–Crippen LogP) is 5.50. The Morgan fingerprint density at radius 1 is 1.10 bits per heavy atom. The zero-order valence-electron chi connectivity index (χ0n) is 24.4. The van der Waals surface area contributed by atoms with E-state index in [9.17, 15) is 9.59 Å². The molecule has 9 nitrogen and oxygen atoms in total. The van der Waals surface area contributed by atoms with E-state index in [2.05, 4.69) is 34.5 Å². The predicted molar refractivity (Wildman–Crippen MR) is 166 cm³/mol. The van der Waals surface area contributed by atoms with Crippen molar-refractivity contribution in [1.29, 1.82) is 0 Å². The molecule has 4 aromatic rings. The molecule has 2 amide bonds. The Labute approximate surface area is 250 Å². The van der Waals surface area contributed by atoms with Gasteiger partial charge in [-0.25, -0.2) is 9.67 Å². The summed E-state index contributed by atoms with van der Waals surface area (Å²) in [6.45, 7) is 4.83. The number of amides is 2. The second kappa shape index (κ2) is 12.1. The number of fused-ring (bicyclic) bond motifs is 3. The van der Waals surface area contributed by atoms with Crippen molar-refractivity contribution in [3.05, 3.63) is 65.6 Å². The number of nitrogens with one attached hydrogen (secondary N) is 2. The Kier molecular flexibility index (Phi) is 8.17. The van der Waals surface area contributed by atoms with Gasteiger partial charge in [0.1, 0.15) is 0 Å². The maximum absolute atomic E-state index is 13.2. The molecule has 0 unspecified atom stereocenters. The van der Waals surface area contributed by atoms with Gasteiger partial charge in [0.25, 0.3) is 5.91 Å². The summed E-state index contributed by atoms with van der Waals surface area (Å²) in [6, 6.07) is 12.4. The van der Waals surface area contributed by atoms with E-state index >= 15 is 0 Å². The number of hydrogen-bond acceptors (Lipinski definition) is 7. The highest BCUT2D eigenvalue weighted by Crippen LogP contribution is 2.44. The normalized spacial score (nSPS) is 17.9. The minimum atomic E-state index is -0.142. The number of rotatable bonds is 8. The molecule has 3 aromatic heterocycles. The van der Waals surface area contributed by atoms with Gasteiger partial charge in [-0.1, -0.05) is 18.3 Å². The molecular formula is C32H37N7O2S. The molecule has 2 aliphatic carbocycles. The standard InChI is InChI=1S/C32H37N7O2S/c1-4-18-38(3)24-13-9-23(10-14-24)35-31(41)21-7-11-25(12-8-21)39-29-26(28(37-39)22-6-5-17-33-19-22)15-16-27-30(29)42-32(36-27)34-20(2)40/h5-8,11-12,17,19,23-24H,4,9-10,13-16,18H2,1-3H3,(H,35,41)(H,34,36,40). The van der Waals surface area contributed by atoms with E-state index in [1.54, 1.807) is 6.20 Å². The third-order valence-corrected chi connectivity index (χ3v) is 9.35. The van der Waals surface area contributed by atoms with E-state index in [-0.39, 0.29) is 17.9 Å². The zero-order valence-corrected chi connectivity index (χ0v) is 25.2. The highest BCUT2D eigenvalue weighted by molar-refractivity contribution is 7.19. The summed E-state index contributed by atoms with van der Waals surface area (Å²) >= 11 is 1.47. The molecule has 1 saturated carbocycles. The number of benzene rings is 1. The molecule has 1 fully saturated rings. The summed E-state index contributed by atoms with van der Waals surface area (Å²) in [5, 5.41) is 11.8. The second-order valence-corrected chi connectivity index (χ2v) is 12.3. The first-order valence-corrected chi connectivity index (χ1v) is 15.6. The lowest BCUT2D eigenvalue weighted by atomic mass is 9.90. The Hall–Kier alpha value is -3.89. The number of hydrogen-bond donors (Lipinski definition) is 2. The van der Waals surface area contributed by atoms with Crippen LogP contribution < -0.4 is 10.6 Å². The lowest BCUT2D eigenvalue weighted by Gasteiger charge is -2.34. The van der Waals surface area contributed by atoms with Crippen LogP contribution in [0.25, 0.3) is 27.5 Å². The van der Waals surface area contributed by atoms with Crippen LogP contribution in [0.4, 0.5) is 5.13 Å². The third kappa shape index (κ3) is 5.73. The molecule has 10 heteroatoms. The summed E-state index contributed by atoms with van der Waals surface area (Å²) in [4.78, 5) is 37.4. The van der Waals surface area contributed by atoms with E-state index in [0.717, 1.165) is 83.8 Å². The van der Waals surface area contributed by atoms with Gasteiger partial charge in [0, 0.05) is 48.1 Å². The molecular weight excluding hydrogens is 546 g/mol. The number of thiazole rings is 1. The van der Waals surface area contributed by atoms with Crippen molar-refractivity contribution in [2.45, 2.75) is 70.9 Å². The number of carbonyl (C=O) groups is 2. The molecule has 0 atom stereocenters. The van der Waals surface area contributed by atoms with Crippen LogP contribution in [-0.2, 0) is 17.6 Å².